The van der Waals surface area contributed by atoms with Crippen molar-refractivity contribution in [3.05, 3.63) is 89.7 Å². The van der Waals surface area contributed by atoms with E-state index in [1.807, 2.05) is 36.4 Å². The molecule has 0 bridgehead atoms. The number of aliphatic imine (C=N–C) groups is 1. The van der Waals surface area contributed by atoms with E-state index in [2.05, 4.69) is 29.2 Å². The van der Waals surface area contributed by atoms with Crippen LogP contribution in [0.3, 0.4) is 0 Å². The summed E-state index contributed by atoms with van der Waals surface area (Å²) in [5.41, 5.74) is 6.57. The van der Waals surface area contributed by atoms with Crippen LogP contribution in [0, 0.1) is 0 Å². The highest BCUT2D eigenvalue weighted by atomic mass is 16.5. The van der Waals surface area contributed by atoms with Crippen molar-refractivity contribution >= 4 is 17.0 Å². The van der Waals surface area contributed by atoms with Crippen LogP contribution in [0.5, 0.6) is 11.5 Å². The predicted octanol–water partition coefficient (Wildman–Crippen LogP) is 4.86. The summed E-state index contributed by atoms with van der Waals surface area (Å²) >= 11 is 0. The van der Waals surface area contributed by atoms with Crippen molar-refractivity contribution in [1.29, 1.82) is 0 Å². The highest BCUT2D eigenvalue weighted by Gasteiger charge is 2.22. The first-order valence-corrected chi connectivity index (χ1v) is 8.78. The molecule has 0 amide bonds. The van der Waals surface area contributed by atoms with Crippen LogP contribution in [0.4, 0.5) is 0 Å². The number of allylic oxidation sites excluding steroid dienone is 1. The molecule has 1 aromatic heterocycles. The van der Waals surface area contributed by atoms with Crippen molar-refractivity contribution in [1.82, 2.24) is 4.98 Å². The number of rotatable bonds is 5. The van der Waals surface area contributed by atoms with E-state index in [0.29, 0.717) is 0 Å². The molecule has 0 N–H and O–H groups in total. The van der Waals surface area contributed by atoms with E-state index < -0.39 is 0 Å². The third-order valence-corrected chi connectivity index (χ3v) is 4.69. The fourth-order valence-corrected chi connectivity index (χ4v) is 3.22. The Morgan fingerprint density at radius 3 is 1.78 bits per heavy atom. The number of nitrogens with zero attached hydrogens (tertiary/aromatic N) is 2. The zero-order valence-corrected chi connectivity index (χ0v) is 15.3. The van der Waals surface area contributed by atoms with Crippen LogP contribution in [0.15, 0.2) is 78.0 Å². The van der Waals surface area contributed by atoms with E-state index in [1.165, 1.54) is 5.57 Å². The molecular weight excluding hydrogens is 336 g/mol. The van der Waals surface area contributed by atoms with Gasteiger partial charge in [0.25, 0.3) is 0 Å². The average Bonchev–Trinajstić information content (AvgIpc) is 3.20. The molecule has 0 aliphatic carbocycles. The monoisotopic (exact) mass is 356 g/mol. The molecule has 4 rings (SSSR count). The van der Waals surface area contributed by atoms with E-state index in [9.17, 15) is 0 Å². The second-order valence-electron chi connectivity index (χ2n) is 6.26. The highest BCUT2D eigenvalue weighted by Crippen LogP contribution is 2.37. The minimum atomic E-state index is 0.776. The molecule has 0 atom stereocenters. The molecule has 27 heavy (non-hydrogen) atoms. The van der Waals surface area contributed by atoms with Crippen LogP contribution in [0.1, 0.15) is 23.1 Å². The van der Waals surface area contributed by atoms with Gasteiger partial charge in [0.2, 0.25) is 0 Å². The Morgan fingerprint density at radius 2 is 1.22 bits per heavy atom. The zero-order valence-electron chi connectivity index (χ0n) is 15.3. The van der Waals surface area contributed by atoms with E-state index in [-0.39, 0.29) is 0 Å². The molecule has 2 heterocycles. The van der Waals surface area contributed by atoms with Gasteiger partial charge in [-0.15, -0.1) is 0 Å². The van der Waals surface area contributed by atoms with Crippen molar-refractivity contribution < 1.29 is 9.47 Å². The molecule has 0 fully saturated rings. The molecule has 134 valence electrons. The number of hydrogen-bond donors (Lipinski definition) is 0. The van der Waals surface area contributed by atoms with Gasteiger partial charge in [-0.25, -0.2) is 0 Å². The molecule has 0 unspecified atom stereocenters. The number of hydrogen-bond acceptors (Lipinski definition) is 4. The maximum Gasteiger partial charge on any atom is 0.118 e. The first-order chi connectivity index (χ1) is 13.3. The summed E-state index contributed by atoms with van der Waals surface area (Å²) in [5.74, 6) is 1.68. The Hall–Kier alpha value is -3.40. The Morgan fingerprint density at radius 1 is 0.667 bits per heavy atom. The number of methoxy groups -OCH3 is 2. The van der Waals surface area contributed by atoms with Crippen LogP contribution < -0.4 is 9.47 Å². The van der Waals surface area contributed by atoms with Gasteiger partial charge in [0.1, 0.15) is 11.5 Å². The lowest BCUT2D eigenvalue weighted by molar-refractivity contribution is 0.414. The Bertz CT molecular complexity index is 989. The smallest absolute Gasteiger partial charge is 0.118 e. The summed E-state index contributed by atoms with van der Waals surface area (Å²) in [5, 5.41) is 0. The number of benzene rings is 2. The van der Waals surface area contributed by atoms with Gasteiger partial charge in [0, 0.05) is 24.4 Å². The molecule has 0 radical (unpaired) electrons. The van der Waals surface area contributed by atoms with Gasteiger partial charge in [-0.05, 0) is 65.2 Å². The maximum atomic E-state index is 5.29. The fraction of sp³-hybridized carbons (Fsp3) is 0.130. The van der Waals surface area contributed by atoms with Gasteiger partial charge < -0.3 is 9.47 Å². The molecule has 1 aliphatic rings. The van der Waals surface area contributed by atoms with Crippen molar-refractivity contribution in [3.8, 4) is 11.5 Å². The molecule has 0 spiro atoms. The summed E-state index contributed by atoms with van der Waals surface area (Å²) in [6.45, 7) is 0. The minimum absolute atomic E-state index is 0.776. The molecule has 4 heteroatoms. The van der Waals surface area contributed by atoms with Gasteiger partial charge in [-0.2, -0.15) is 0 Å². The zero-order chi connectivity index (χ0) is 18.6. The van der Waals surface area contributed by atoms with Crippen molar-refractivity contribution in [2.24, 2.45) is 4.99 Å². The van der Waals surface area contributed by atoms with Gasteiger partial charge >= 0.3 is 0 Å². The minimum Gasteiger partial charge on any atom is -0.497 e. The lowest BCUT2D eigenvalue weighted by Crippen LogP contribution is -1.98. The Balaban J connectivity index is 1.78. The molecule has 3 aromatic rings. The van der Waals surface area contributed by atoms with E-state index in [4.69, 9.17) is 14.5 Å². The largest absolute Gasteiger partial charge is 0.497 e. The number of aromatic nitrogens is 1. The summed E-state index contributed by atoms with van der Waals surface area (Å²) in [6, 6.07) is 20.2. The van der Waals surface area contributed by atoms with Crippen LogP contribution >= 0.6 is 0 Å². The fourth-order valence-electron chi connectivity index (χ4n) is 3.22. The summed E-state index contributed by atoms with van der Waals surface area (Å²) in [6.07, 6.45) is 4.38. The van der Waals surface area contributed by atoms with Gasteiger partial charge in [0.15, 0.2) is 0 Å². The molecule has 1 aliphatic heterocycles. The van der Waals surface area contributed by atoms with Crippen LogP contribution in [0.2, 0.25) is 0 Å². The second kappa shape index (κ2) is 7.46. The van der Waals surface area contributed by atoms with Crippen molar-refractivity contribution in [3.63, 3.8) is 0 Å². The molecule has 2 aromatic carbocycles. The van der Waals surface area contributed by atoms with Crippen molar-refractivity contribution in [2.75, 3.05) is 14.2 Å². The van der Waals surface area contributed by atoms with Crippen LogP contribution in [-0.2, 0) is 0 Å². The first-order valence-electron chi connectivity index (χ1n) is 8.78. The third kappa shape index (κ3) is 3.47. The lowest BCUT2D eigenvalue weighted by atomic mass is 9.96. The van der Waals surface area contributed by atoms with E-state index in [0.717, 1.165) is 46.0 Å². The van der Waals surface area contributed by atoms with Gasteiger partial charge in [-0.1, -0.05) is 12.1 Å². The number of pyridine rings is 1. The average molecular weight is 356 g/mol. The lowest BCUT2D eigenvalue weighted by Gasteiger charge is -2.09. The Kier molecular flexibility index (Phi) is 4.71. The second-order valence-corrected chi connectivity index (χ2v) is 6.26. The van der Waals surface area contributed by atoms with Crippen LogP contribution in [-0.4, -0.2) is 24.9 Å². The Labute approximate surface area is 158 Å². The van der Waals surface area contributed by atoms with Gasteiger partial charge in [0.05, 0.1) is 25.6 Å². The SMILES string of the molecule is COc1ccc(C2=C(c3ccc(OC)cc3)N=C(c3ccncc3)C2)cc1. The maximum absolute atomic E-state index is 5.29. The standard InChI is InChI=1S/C23H20N2O2/c1-26-19-7-3-16(4-8-19)21-15-22(17-11-13-24-14-12-17)25-23(21)18-5-9-20(27-2)10-6-18/h3-14H,15H2,1-2H3. The van der Waals surface area contributed by atoms with Gasteiger partial charge in [-0.3, -0.25) is 9.98 Å². The molecule has 0 saturated heterocycles. The summed E-state index contributed by atoms with van der Waals surface area (Å²) in [7, 11) is 3.35. The van der Waals surface area contributed by atoms with E-state index >= 15 is 0 Å². The predicted molar refractivity (Wildman–Crippen MR) is 108 cm³/mol. The normalized spacial score (nSPS) is 13.5. The summed E-state index contributed by atoms with van der Waals surface area (Å²) < 4.78 is 10.6. The molecular formula is C23H20N2O2. The van der Waals surface area contributed by atoms with Crippen LogP contribution in [0.25, 0.3) is 11.3 Å². The topological polar surface area (TPSA) is 43.7 Å². The van der Waals surface area contributed by atoms with Crippen molar-refractivity contribution in [2.45, 2.75) is 6.42 Å². The highest BCUT2D eigenvalue weighted by molar-refractivity contribution is 6.16. The number of ether oxygens (including phenoxy) is 2. The van der Waals surface area contributed by atoms with E-state index in [1.54, 1.807) is 26.6 Å². The first kappa shape index (κ1) is 17.0. The summed E-state index contributed by atoms with van der Waals surface area (Å²) in [4.78, 5) is 9.09. The molecule has 4 nitrogen and oxygen atoms in total. The molecule has 0 saturated carbocycles. The quantitative estimate of drug-likeness (QED) is 0.656. The third-order valence-electron chi connectivity index (χ3n) is 4.69.